The van der Waals surface area contributed by atoms with Gasteiger partial charge in [-0.1, -0.05) is 0 Å². The van der Waals surface area contributed by atoms with Crippen molar-refractivity contribution in [1.82, 2.24) is 15.1 Å². The number of ether oxygens (including phenoxy) is 1. The third-order valence-electron chi connectivity index (χ3n) is 6.52. The highest BCUT2D eigenvalue weighted by Gasteiger charge is 2.53. The van der Waals surface area contributed by atoms with Crippen molar-refractivity contribution in [2.75, 3.05) is 13.2 Å². The van der Waals surface area contributed by atoms with Gasteiger partial charge in [-0.05, 0) is 57.4 Å². The largest absolute Gasteiger partial charge is 0.481 e. The number of rotatable bonds is 4. The second-order valence-corrected chi connectivity index (χ2v) is 7.82. The van der Waals surface area contributed by atoms with E-state index in [0.717, 1.165) is 32.1 Å². The minimum absolute atomic E-state index is 0.0892. The Kier molecular flexibility index (Phi) is 4.06. The van der Waals surface area contributed by atoms with Crippen molar-refractivity contribution in [1.29, 1.82) is 0 Å². The third kappa shape index (κ3) is 2.84. The number of carbonyl (C=O) groups excluding carboxylic acids is 1. The van der Waals surface area contributed by atoms with Gasteiger partial charge in [-0.15, -0.1) is 0 Å². The predicted molar refractivity (Wildman–Crippen MR) is 89.3 cm³/mol. The topological polar surface area (TPSA) is 93.5 Å². The molecule has 2 N–H and O–H groups in total. The fourth-order valence-electron chi connectivity index (χ4n) is 4.71. The Labute approximate surface area is 146 Å². The molecule has 25 heavy (non-hydrogen) atoms. The molecule has 4 fully saturated rings. The van der Waals surface area contributed by atoms with Gasteiger partial charge in [0.1, 0.15) is 5.69 Å². The number of carboxylic acid groups (broad SMARTS) is 1. The first-order valence-corrected chi connectivity index (χ1v) is 9.21. The predicted octanol–water partition coefficient (Wildman–Crippen LogP) is 2.14. The molecule has 1 aromatic heterocycles. The zero-order valence-electron chi connectivity index (χ0n) is 14.4. The Balaban J connectivity index is 1.47. The molecule has 0 unspecified atom stereocenters. The van der Waals surface area contributed by atoms with Crippen LogP contribution in [-0.2, 0) is 9.53 Å². The lowest BCUT2D eigenvalue weighted by Crippen LogP contribution is -2.58. The highest BCUT2D eigenvalue weighted by Crippen LogP contribution is 2.52. The molecular weight excluding hydrogens is 322 g/mol. The van der Waals surface area contributed by atoms with E-state index in [-0.39, 0.29) is 17.5 Å². The maximum absolute atomic E-state index is 12.9. The van der Waals surface area contributed by atoms with Crippen molar-refractivity contribution >= 4 is 11.9 Å². The molecule has 0 aromatic carbocycles. The second-order valence-electron chi connectivity index (χ2n) is 7.82. The van der Waals surface area contributed by atoms with E-state index in [1.54, 1.807) is 12.3 Å². The minimum atomic E-state index is -0.676. The van der Waals surface area contributed by atoms with Crippen molar-refractivity contribution < 1.29 is 19.4 Å². The van der Waals surface area contributed by atoms with Crippen molar-refractivity contribution in [3.63, 3.8) is 0 Å². The molecule has 1 saturated heterocycles. The number of carboxylic acids is 1. The number of carbonyl (C=O) groups is 2. The molecule has 7 nitrogen and oxygen atoms in total. The number of aliphatic carboxylic acids is 1. The molecule has 0 radical (unpaired) electrons. The monoisotopic (exact) mass is 347 g/mol. The summed E-state index contributed by atoms with van der Waals surface area (Å²) >= 11 is 0. The maximum Gasteiger partial charge on any atom is 0.309 e. The van der Waals surface area contributed by atoms with Crippen molar-refractivity contribution in [3.8, 4) is 0 Å². The molecule has 5 rings (SSSR count). The molecule has 1 amide bonds. The lowest BCUT2D eigenvalue weighted by atomic mass is 9.57. The Morgan fingerprint density at radius 2 is 1.80 bits per heavy atom. The summed E-state index contributed by atoms with van der Waals surface area (Å²) in [5, 5.41) is 17.1. The summed E-state index contributed by atoms with van der Waals surface area (Å²) in [5.41, 5.74) is -0.211. The van der Waals surface area contributed by atoms with Gasteiger partial charge in [0.25, 0.3) is 5.91 Å². The summed E-state index contributed by atoms with van der Waals surface area (Å²) in [7, 11) is 0. The molecule has 2 heterocycles. The smallest absolute Gasteiger partial charge is 0.309 e. The Morgan fingerprint density at radius 3 is 2.40 bits per heavy atom. The van der Waals surface area contributed by atoms with Crippen LogP contribution in [0.2, 0.25) is 0 Å². The maximum atomic E-state index is 12.9. The number of nitrogens with one attached hydrogen (secondary N) is 1. The molecule has 0 spiro atoms. The zero-order chi connectivity index (χ0) is 17.5. The molecule has 136 valence electrons. The van der Waals surface area contributed by atoms with Crippen LogP contribution in [0.15, 0.2) is 12.3 Å². The van der Waals surface area contributed by atoms with Crippen LogP contribution in [0.1, 0.15) is 67.9 Å². The van der Waals surface area contributed by atoms with Gasteiger partial charge < -0.3 is 15.2 Å². The normalized spacial score (nSPS) is 32.5. The Bertz CT molecular complexity index is 653. The van der Waals surface area contributed by atoms with Crippen molar-refractivity contribution in [2.45, 2.75) is 62.9 Å². The van der Waals surface area contributed by atoms with Crippen molar-refractivity contribution in [3.05, 3.63) is 18.0 Å². The van der Waals surface area contributed by atoms with E-state index in [0.29, 0.717) is 38.2 Å². The van der Waals surface area contributed by atoms with E-state index >= 15 is 0 Å². The molecule has 3 aliphatic carbocycles. The Hall–Kier alpha value is -1.89. The van der Waals surface area contributed by atoms with Crippen LogP contribution in [0.4, 0.5) is 0 Å². The van der Waals surface area contributed by atoms with Crippen molar-refractivity contribution in [2.24, 2.45) is 5.41 Å². The van der Waals surface area contributed by atoms with E-state index in [1.807, 2.05) is 4.68 Å². The second kappa shape index (κ2) is 6.12. The summed E-state index contributed by atoms with van der Waals surface area (Å²) < 4.78 is 7.23. The average molecular weight is 347 g/mol. The highest BCUT2D eigenvalue weighted by molar-refractivity contribution is 5.93. The lowest BCUT2D eigenvalue weighted by molar-refractivity contribution is -0.156. The molecule has 2 bridgehead atoms. The van der Waals surface area contributed by atoms with Gasteiger partial charge in [-0.25, -0.2) is 0 Å². The standard InChI is InChI=1S/C18H25N3O4/c22-15(14-1-10-19-21(14)13-2-11-25-12-3-13)20-18-7-4-17(5-8-18,6-9-18)16(23)24/h1,10,13H,2-9,11-12H2,(H,20,22)(H,23,24). The molecule has 4 aliphatic rings. The van der Waals surface area contributed by atoms with Crippen LogP contribution in [0, 0.1) is 5.41 Å². The zero-order valence-corrected chi connectivity index (χ0v) is 14.4. The first-order valence-electron chi connectivity index (χ1n) is 9.21. The van der Waals surface area contributed by atoms with Crippen LogP contribution in [-0.4, -0.2) is 45.5 Å². The van der Waals surface area contributed by atoms with Crippen LogP contribution < -0.4 is 5.32 Å². The minimum Gasteiger partial charge on any atom is -0.481 e. The molecule has 1 aromatic rings. The van der Waals surface area contributed by atoms with Crippen LogP contribution in [0.5, 0.6) is 0 Å². The first-order chi connectivity index (χ1) is 12.0. The molecule has 3 saturated carbocycles. The average Bonchev–Trinajstić information content (AvgIpc) is 3.13. The molecule has 1 aliphatic heterocycles. The fourth-order valence-corrected chi connectivity index (χ4v) is 4.71. The molecule has 7 heteroatoms. The fraction of sp³-hybridized carbons (Fsp3) is 0.722. The van der Waals surface area contributed by atoms with Gasteiger partial charge in [0, 0.05) is 24.9 Å². The summed E-state index contributed by atoms with van der Waals surface area (Å²) in [6, 6.07) is 1.98. The first kappa shape index (κ1) is 16.6. The van der Waals surface area contributed by atoms with Gasteiger partial charge in [0.05, 0.1) is 11.5 Å². The number of hydrogen-bond donors (Lipinski definition) is 2. The van der Waals surface area contributed by atoms with Gasteiger partial charge in [-0.2, -0.15) is 5.10 Å². The van der Waals surface area contributed by atoms with Gasteiger partial charge >= 0.3 is 5.97 Å². The number of hydrogen-bond acceptors (Lipinski definition) is 4. The summed E-state index contributed by atoms with van der Waals surface area (Å²) in [6.07, 6.45) is 7.62. The van der Waals surface area contributed by atoms with E-state index in [2.05, 4.69) is 10.4 Å². The van der Waals surface area contributed by atoms with Gasteiger partial charge in [0.15, 0.2) is 0 Å². The van der Waals surface area contributed by atoms with Gasteiger partial charge in [-0.3, -0.25) is 14.3 Å². The summed E-state index contributed by atoms with van der Waals surface area (Å²) in [5.74, 6) is -0.765. The molecule has 0 atom stereocenters. The number of amides is 1. The summed E-state index contributed by atoms with van der Waals surface area (Å²) in [4.78, 5) is 24.5. The van der Waals surface area contributed by atoms with Crippen LogP contribution in [0.3, 0.4) is 0 Å². The van der Waals surface area contributed by atoms with E-state index in [4.69, 9.17) is 4.74 Å². The quantitative estimate of drug-likeness (QED) is 0.870. The summed E-state index contributed by atoms with van der Waals surface area (Å²) in [6.45, 7) is 1.40. The number of nitrogens with zero attached hydrogens (tertiary/aromatic N) is 2. The SMILES string of the molecule is O=C(NC12CCC(C(=O)O)(CC1)CC2)c1ccnn1C1CCOCC1. The van der Waals surface area contributed by atoms with Gasteiger partial charge in [0.2, 0.25) is 0 Å². The third-order valence-corrected chi connectivity index (χ3v) is 6.52. The van der Waals surface area contributed by atoms with E-state index in [1.165, 1.54) is 0 Å². The number of fused-ring (bicyclic) bond motifs is 3. The highest BCUT2D eigenvalue weighted by atomic mass is 16.5. The van der Waals surface area contributed by atoms with E-state index < -0.39 is 11.4 Å². The van der Waals surface area contributed by atoms with Crippen LogP contribution in [0.25, 0.3) is 0 Å². The van der Waals surface area contributed by atoms with E-state index in [9.17, 15) is 14.7 Å². The number of aromatic nitrogens is 2. The lowest BCUT2D eigenvalue weighted by Gasteiger charge is -2.51. The Morgan fingerprint density at radius 1 is 1.16 bits per heavy atom. The van der Waals surface area contributed by atoms with Crippen LogP contribution >= 0.6 is 0 Å². The molecular formula is C18H25N3O4.